The minimum Gasteiger partial charge on any atom is -0.481 e. The second kappa shape index (κ2) is 8.39. The van der Waals surface area contributed by atoms with Crippen molar-refractivity contribution < 1.29 is 23.1 Å². The number of nitrogens with zero attached hydrogens (tertiary/aromatic N) is 2. The van der Waals surface area contributed by atoms with E-state index in [0.717, 1.165) is 5.56 Å². The molecule has 0 unspecified atom stereocenters. The van der Waals surface area contributed by atoms with Crippen LogP contribution >= 0.6 is 0 Å². The van der Waals surface area contributed by atoms with Crippen LogP contribution in [0.1, 0.15) is 22.3 Å². The molecule has 0 aliphatic rings. The summed E-state index contributed by atoms with van der Waals surface area (Å²) < 4.78 is 27.5. The third kappa shape index (κ3) is 3.92. The predicted octanol–water partition coefficient (Wildman–Crippen LogP) is 4.00. The number of amides is 1. The summed E-state index contributed by atoms with van der Waals surface area (Å²) in [5.41, 5.74) is 2.12. The fourth-order valence-electron chi connectivity index (χ4n) is 3.56. The molecule has 0 saturated heterocycles. The van der Waals surface area contributed by atoms with Gasteiger partial charge in [-0.25, -0.2) is 17.7 Å². The highest BCUT2D eigenvalue weighted by Crippen LogP contribution is 2.29. The third-order valence-electron chi connectivity index (χ3n) is 5.17. The maximum atomic E-state index is 13.8. The van der Waals surface area contributed by atoms with Crippen LogP contribution < -0.4 is 0 Å². The molecule has 1 N–H and O–H groups in total. The number of hydrogen-bond acceptors (Lipinski definition) is 5. The predicted molar refractivity (Wildman–Crippen MR) is 121 cm³/mol. The SMILES string of the molecule is Cc1ccc(S(=O)(=O)N(CCC(=O)O)C(=O)c2c3ccccc3nc3ccccc23)cc1. The quantitative estimate of drug-likeness (QED) is 0.447. The molecule has 4 aromatic rings. The Balaban J connectivity index is 1.94. The maximum Gasteiger partial charge on any atom is 0.305 e. The van der Waals surface area contributed by atoms with Crippen molar-refractivity contribution in [2.45, 2.75) is 18.2 Å². The number of aromatic nitrogens is 1. The average Bonchev–Trinajstić information content (AvgIpc) is 2.77. The van der Waals surface area contributed by atoms with Gasteiger partial charge in [0.05, 0.1) is 27.9 Å². The number of carbonyl (C=O) groups excluding carboxylic acids is 1. The number of carbonyl (C=O) groups is 2. The standard InChI is InChI=1S/C24H20N2O5S/c1-16-10-12-17(13-11-16)32(30,31)26(15-14-22(27)28)24(29)23-18-6-2-4-8-20(18)25-21-9-5-3-7-19(21)23/h2-13H,14-15H2,1H3,(H,27,28). The summed E-state index contributed by atoms with van der Waals surface area (Å²) >= 11 is 0. The molecule has 4 rings (SSSR count). The molecule has 8 heteroatoms. The first kappa shape index (κ1) is 21.5. The average molecular weight is 449 g/mol. The summed E-state index contributed by atoms with van der Waals surface area (Å²) in [4.78, 5) is 29.5. The van der Waals surface area contributed by atoms with Crippen LogP contribution in [-0.2, 0) is 14.8 Å². The van der Waals surface area contributed by atoms with Gasteiger partial charge in [0.15, 0.2) is 0 Å². The van der Waals surface area contributed by atoms with Crippen LogP contribution in [0.2, 0.25) is 0 Å². The zero-order chi connectivity index (χ0) is 22.9. The van der Waals surface area contributed by atoms with E-state index in [1.54, 1.807) is 60.7 Å². The summed E-state index contributed by atoms with van der Waals surface area (Å²) in [7, 11) is -4.30. The van der Waals surface area contributed by atoms with Crippen molar-refractivity contribution in [2.75, 3.05) is 6.54 Å². The molecule has 0 fully saturated rings. The summed E-state index contributed by atoms with van der Waals surface area (Å²) in [6.45, 7) is 1.33. The summed E-state index contributed by atoms with van der Waals surface area (Å²) in [5, 5.41) is 10.2. The fraction of sp³-hybridized carbons (Fsp3) is 0.125. The first-order valence-corrected chi connectivity index (χ1v) is 11.4. The Hall–Kier alpha value is -3.78. The Labute approximate surface area is 185 Å². The van der Waals surface area contributed by atoms with E-state index in [0.29, 0.717) is 26.1 Å². The Bertz CT molecular complexity index is 1390. The normalized spacial score (nSPS) is 11.5. The first-order chi connectivity index (χ1) is 15.3. The number of sulfonamides is 1. The minimum absolute atomic E-state index is 0.0792. The molecular weight excluding hydrogens is 428 g/mol. The molecule has 0 radical (unpaired) electrons. The van der Waals surface area contributed by atoms with E-state index >= 15 is 0 Å². The lowest BCUT2D eigenvalue weighted by Crippen LogP contribution is -2.38. The fourth-order valence-corrected chi connectivity index (χ4v) is 4.94. The molecule has 0 saturated carbocycles. The highest BCUT2D eigenvalue weighted by Gasteiger charge is 2.32. The van der Waals surface area contributed by atoms with Gasteiger partial charge in [0, 0.05) is 17.3 Å². The van der Waals surface area contributed by atoms with Gasteiger partial charge < -0.3 is 5.11 Å². The maximum absolute atomic E-state index is 13.8. The second-order valence-electron chi connectivity index (χ2n) is 7.36. The van der Waals surface area contributed by atoms with E-state index in [-0.39, 0.29) is 10.5 Å². The number of aryl methyl sites for hydroxylation is 1. The lowest BCUT2D eigenvalue weighted by molar-refractivity contribution is -0.137. The van der Waals surface area contributed by atoms with Gasteiger partial charge in [0.1, 0.15) is 0 Å². The van der Waals surface area contributed by atoms with Gasteiger partial charge in [-0.05, 0) is 31.2 Å². The van der Waals surface area contributed by atoms with Crippen molar-refractivity contribution in [3.05, 3.63) is 83.9 Å². The molecule has 0 aliphatic heterocycles. The minimum atomic E-state index is -4.30. The van der Waals surface area contributed by atoms with Gasteiger partial charge in [0.25, 0.3) is 15.9 Å². The van der Waals surface area contributed by atoms with Crippen LogP contribution in [0, 0.1) is 6.92 Å². The molecule has 32 heavy (non-hydrogen) atoms. The molecule has 0 spiro atoms. The van der Waals surface area contributed by atoms with Crippen molar-refractivity contribution in [3.8, 4) is 0 Å². The molecule has 0 aliphatic carbocycles. The number of fused-ring (bicyclic) bond motifs is 2. The van der Waals surface area contributed by atoms with Crippen molar-refractivity contribution in [1.29, 1.82) is 0 Å². The molecule has 3 aromatic carbocycles. The second-order valence-corrected chi connectivity index (χ2v) is 9.22. The van der Waals surface area contributed by atoms with Gasteiger partial charge in [-0.2, -0.15) is 0 Å². The number of aliphatic carboxylic acids is 1. The van der Waals surface area contributed by atoms with Gasteiger partial charge in [-0.1, -0.05) is 54.1 Å². The number of benzene rings is 3. The number of carboxylic acid groups (broad SMARTS) is 1. The monoisotopic (exact) mass is 448 g/mol. The van der Waals surface area contributed by atoms with Crippen LogP contribution in [0.15, 0.2) is 77.7 Å². The van der Waals surface area contributed by atoms with Crippen molar-refractivity contribution >= 4 is 43.7 Å². The molecule has 7 nitrogen and oxygen atoms in total. The van der Waals surface area contributed by atoms with Crippen molar-refractivity contribution in [1.82, 2.24) is 9.29 Å². The van der Waals surface area contributed by atoms with Crippen LogP contribution in [0.3, 0.4) is 0 Å². The molecule has 0 bridgehead atoms. The molecular formula is C24H20N2O5S. The summed E-state index contributed by atoms with van der Waals surface area (Å²) in [6.07, 6.45) is -0.516. The Morgan fingerprint density at radius 3 is 1.94 bits per heavy atom. The van der Waals surface area contributed by atoms with Crippen molar-refractivity contribution in [3.63, 3.8) is 0 Å². The van der Waals surface area contributed by atoms with E-state index in [4.69, 9.17) is 0 Å². The largest absolute Gasteiger partial charge is 0.481 e. The van der Waals surface area contributed by atoms with Crippen LogP contribution in [0.4, 0.5) is 0 Å². The number of pyridine rings is 1. The van der Waals surface area contributed by atoms with E-state index < -0.39 is 34.9 Å². The highest BCUT2D eigenvalue weighted by molar-refractivity contribution is 7.89. The molecule has 162 valence electrons. The lowest BCUT2D eigenvalue weighted by Gasteiger charge is -2.23. The Morgan fingerprint density at radius 2 is 1.41 bits per heavy atom. The summed E-state index contributed by atoms with van der Waals surface area (Å²) in [6, 6.07) is 20.0. The zero-order valence-electron chi connectivity index (χ0n) is 17.2. The molecule has 0 atom stereocenters. The number of para-hydroxylation sites is 2. The smallest absolute Gasteiger partial charge is 0.305 e. The van der Waals surface area contributed by atoms with E-state index in [2.05, 4.69) is 4.98 Å². The van der Waals surface area contributed by atoms with E-state index in [1.807, 2.05) is 6.92 Å². The number of hydrogen-bond donors (Lipinski definition) is 1. The first-order valence-electron chi connectivity index (χ1n) is 9.92. The third-order valence-corrected chi connectivity index (χ3v) is 6.96. The topological polar surface area (TPSA) is 105 Å². The number of rotatable bonds is 6. The van der Waals surface area contributed by atoms with Gasteiger partial charge in [-0.15, -0.1) is 0 Å². The zero-order valence-corrected chi connectivity index (χ0v) is 18.0. The van der Waals surface area contributed by atoms with Crippen molar-refractivity contribution in [2.24, 2.45) is 0 Å². The van der Waals surface area contributed by atoms with Gasteiger partial charge >= 0.3 is 5.97 Å². The van der Waals surface area contributed by atoms with Crippen LogP contribution in [0.5, 0.6) is 0 Å². The summed E-state index contributed by atoms with van der Waals surface area (Å²) in [5.74, 6) is -1.99. The van der Waals surface area contributed by atoms with Crippen LogP contribution in [0.25, 0.3) is 21.8 Å². The van der Waals surface area contributed by atoms with Gasteiger partial charge in [0.2, 0.25) is 0 Å². The van der Waals surface area contributed by atoms with E-state index in [1.165, 1.54) is 12.1 Å². The highest BCUT2D eigenvalue weighted by atomic mass is 32.2. The van der Waals surface area contributed by atoms with E-state index in [9.17, 15) is 23.1 Å². The van der Waals surface area contributed by atoms with Crippen LogP contribution in [-0.4, -0.2) is 41.2 Å². The van der Waals surface area contributed by atoms with Gasteiger partial charge in [-0.3, -0.25) is 9.59 Å². The Kier molecular flexibility index (Phi) is 5.63. The lowest BCUT2D eigenvalue weighted by atomic mass is 10.0. The number of carboxylic acids is 1. The Morgan fingerprint density at radius 1 is 0.875 bits per heavy atom. The molecule has 1 aromatic heterocycles. The molecule has 1 heterocycles. The molecule has 1 amide bonds.